The summed E-state index contributed by atoms with van der Waals surface area (Å²) in [5.74, 6) is 2.60. The predicted octanol–water partition coefficient (Wildman–Crippen LogP) is 3.99. The smallest absolute Gasteiger partial charge is 0.225 e. The maximum absolute atomic E-state index is 12.6. The molecule has 0 aliphatic carbocycles. The van der Waals surface area contributed by atoms with Gasteiger partial charge in [-0.15, -0.1) is 0 Å². The van der Waals surface area contributed by atoms with Gasteiger partial charge in [-0.1, -0.05) is 18.2 Å². The molecule has 0 saturated carbocycles. The van der Waals surface area contributed by atoms with E-state index in [9.17, 15) is 4.79 Å². The number of hydrogen-bond donors (Lipinski definition) is 2. The second kappa shape index (κ2) is 9.88. The van der Waals surface area contributed by atoms with Gasteiger partial charge in [-0.3, -0.25) is 9.89 Å². The summed E-state index contributed by atoms with van der Waals surface area (Å²) in [7, 11) is 6.29. The van der Waals surface area contributed by atoms with Crippen LogP contribution in [-0.4, -0.2) is 44.5 Å². The van der Waals surface area contributed by atoms with Gasteiger partial charge < -0.3 is 24.3 Å². The number of aryl methyl sites for hydroxylation is 2. The van der Waals surface area contributed by atoms with E-state index in [1.54, 1.807) is 28.4 Å². The van der Waals surface area contributed by atoms with E-state index in [-0.39, 0.29) is 5.91 Å². The standard InChI is InChI=1S/C23H27N3O5/c1-14-21(16-12-18(29-3)22(31-5)19(13-16)30-4)23(26-25-14)24-20(27)11-10-15-8-6-7-9-17(15)28-2/h6-9,12-13H,10-11H2,1-5H3,(H2,24,25,26,27). The average Bonchev–Trinajstić information content (AvgIpc) is 3.16. The van der Waals surface area contributed by atoms with Crippen LogP contribution in [0.4, 0.5) is 5.82 Å². The van der Waals surface area contributed by atoms with E-state index in [1.165, 1.54) is 0 Å². The molecule has 0 aliphatic rings. The summed E-state index contributed by atoms with van der Waals surface area (Å²) in [6, 6.07) is 11.3. The number of carbonyl (C=O) groups excluding carboxylic acids is 1. The van der Waals surface area contributed by atoms with Crippen molar-refractivity contribution in [2.24, 2.45) is 0 Å². The Labute approximate surface area is 181 Å². The Kier molecular flexibility index (Phi) is 7.02. The molecule has 0 atom stereocenters. The molecule has 3 rings (SSSR count). The van der Waals surface area contributed by atoms with Gasteiger partial charge in [-0.25, -0.2) is 0 Å². The monoisotopic (exact) mass is 425 g/mol. The number of anilines is 1. The number of hydrogen-bond acceptors (Lipinski definition) is 6. The number of aromatic amines is 1. The minimum atomic E-state index is -0.147. The Balaban J connectivity index is 1.84. The number of benzene rings is 2. The number of nitrogens with one attached hydrogen (secondary N) is 2. The normalized spacial score (nSPS) is 10.5. The van der Waals surface area contributed by atoms with Crippen molar-refractivity contribution in [2.75, 3.05) is 33.8 Å². The largest absolute Gasteiger partial charge is 0.496 e. The molecule has 0 saturated heterocycles. The highest BCUT2D eigenvalue weighted by Crippen LogP contribution is 2.43. The van der Waals surface area contributed by atoms with Gasteiger partial charge in [0.15, 0.2) is 17.3 Å². The Morgan fingerprint density at radius 3 is 2.23 bits per heavy atom. The zero-order chi connectivity index (χ0) is 22.4. The first kappa shape index (κ1) is 22.0. The van der Waals surface area contributed by atoms with Gasteiger partial charge in [0.05, 0.1) is 28.4 Å². The van der Waals surface area contributed by atoms with Crippen LogP contribution in [-0.2, 0) is 11.2 Å². The van der Waals surface area contributed by atoms with E-state index in [0.717, 1.165) is 28.1 Å². The number of H-pyrrole nitrogens is 1. The fourth-order valence-corrected chi connectivity index (χ4v) is 3.45. The molecule has 0 aliphatic heterocycles. The van der Waals surface area contributed by atoms with Crippen LogP contribution < -0.4 is 24.3 Å². The molecule has 2 aromatic carbocycles. The molecule has 0 bridgehead atoms. The van der Waals surface area contributed by atoms with Crippen LogP contribution in [0.5, 0.6) is 23.0 Å². The number of methoxy groups -OCH3 is 4. The van der Waals surface area contributed by atoms with Crippen LogP contribution in [0, 0.1) is 6.92 Å². The molecule has 0 radical (unpaired) electrons. The quantitative estimate of drug-likeness (QED) is 0.538. The molecule has 0 fully saturated rings. The van der Waals surface area contributed by atoms with Crippen LogP contribution >= 0.6 is 0 Å². The second-order valence-electron chi connectivity index (χ2n) is 6.85. The third-order valence-electron chi connectivity index (χ3n) is 4.97. The van der Waals surface area contributed by atoms with E-state index in [2.05, 4.69) is 15.5 Å². The van der Waals surface area contributed by atoms with E-state index < -0.39 is 0 Å². The minimum absolute atomic E-state index is 0.147. The molecule has 8 heteroatoms. The van der Waals surface area contributed by atoms with Gasteiger partial charge in [-0.2, -0.15) is 5.10 Å². The second-order valence-corrected chi connectivity index (χ2v) is 6.85. The Morgan fingerprint density at radius 2 is 1.61 bits per heavy atom. The molecule has 8 nitrogen and oxygen atoms in total. The van der Waals surface area contributed by atoms with Crippen molar-refractivity contribution in [1.29, 1.82) is 0 Å². The molecule has 31 heavy (non-hydrogen) atoms. The van der Waals surface area contributed by atoms with Gasteiger partial charge in [0.1, 0.15) is 5.75 Å². The zero-order valence-corrected chi connectivity index (χ0v) is 18.4. The van der Waals surface area contributed by atoms with Gasteiger partial charge in [0.2, 0.25) is 11.7 Å². The lowest BCUT2D eigenvalue weighted by molar-refractivity contribution is -0.116. The number of nitrogens with zero attached hydrogens (tertiary/aromatic N) is 1. The third-order valence-corrected chi connectivity index (χ3v) is 4.97. The summed E-state index contributed by atoms with van der Waals surface area (Å²) in [5.41, 5.74) is 3.31. The topological polar surface area (TPSA) is 94.7 Å². The lowest BCUT2D eigenvalue weighted by Crippen LogP contribution is -2.13. The molecule has 1 amide bonds. The molecule has 164 valence electrons. The van der Waals surface area contributed by atoms with Crippen molar-refractivity contribution in [1.82, 2.24) is 10.2 Å². The van der Waals surface area contributed by atoms with Gasteiger partial charge in [0.25, 0.3) is 0 Å². The summed E-state index contributed by atoms with van der Waals surface area (Å²) >= 11 is 0. The summed E-state index contributed by atoms with van der Waals surface area (Å²) in [6.07, 6.45) is 0.847. The van der Waals surface area contributed by atoms with Gasteiger partial charge in [0, 0.05) is 17.7 Å². The molecule has 1 aromatic heterocycles. The van der Waals surface area contributed by atoms with Crippen LogP contribution in [0.3, 0.4) is 0 Å². The van der Waals surface area contributed by atoms with Crippen molar-refractivity contribution in [2.45, 2.75) is 19.8 Å². The lowest BCUT2D eigenvalue weighted by Gasteiger charge is -2.15. The van der Waals surface area contributed by atoms with Crippen molar-refractivity contribution >= 4 is 11.7 Å². The van der Waals surface area contributed by atoms with Crippen molar-refractivity contribution in [3.05, 3.63) is 47.7 Å². The summed E-state index contributed by atoms with van der Waals surface area (Å²) < 4.78 is 21.7. The van der Waals surface area contributed by atoms with E-state index in [1.807, 2.05) is 43.3 Å². The molecular weight excluding hydrogens is 398 g/mol. The maximum atomic E-state index is 12.6. The number of rotatable bonds is 9. The number of carbonyl (C=O) groups is 1. The number of ether oxygens (including phenoxy) is 4. The Morgan fingerprint density at radius 1 is 0.968 bits per heavy atom. The zero-order valence-electron chi connectivity index (χ0n) is 18.4. The SMILES string of the molecule is COc1ccccc1CCC(=O)Nc1n[nH]c(C)c1-c1cc(OC)c(OC)c(OC)c1. The number of amides is 1. The summed E-state index contributed by atoms with van der Waals surface area (Å²) in [6.45, 7) is 1.88. The van der Waals surface area contributed by atoms with Crippen molar-refractivity contribution in [3.63, 3.8) is 0 Å². The van der Waals surface area contributed by atoms with Gasteiger partial charge >= 0.3 is 0 Å². The van der Waals surface area contributed by atoms with Crippen molar-refractivity contribution < 1.29 is 23.7 Å². The van der Waals surface area contributed by atoms with Crippen LogP contribution in [0.1, 0.15) is 17.7 Å². The van der Waals surface area contributed by atoms with Gasteiger partial charge in [-0.05, 0) is 42.7 Å². The minimum Gasteiger partial charge on any atom is -0.496 e. The number of aromatic nitrogens is 2. The molecule has 2 N–H and O–H groups in total. The highest BCUT2D eigenvalue weighted by atomic mass is 16.5. The molecule has 0 spiro atoms. The first-order chi connectivity index (χ1) is 15.0. The highest BCUT2D eigenvalue weighted by Gasteiger charge is 2.20. The first-order valence-electron chi connectivity index (χ1n) is 9.79. The molecule has 3 aromatic rings. The van der Waals surface area contributed by atoms with E-state index in [4.69, 9.17) is 18.9 Å². The number of para-hydroxylation sites is 1. The Bertz CT molecular complexity index is 1040. The fraction of sp³-hybridized carbons (Fsp3) is 0.304. The third kappa shape index (κ3) is 4.74. The predicted molar refractivity (Wildman–Crippen MR) is 118 cm³/mol. The molecule has 0 unspecified atom stereocenters. The van der Waals surface area contributed by atoms with Crippen molar-refractivity contribution in [3.8, 4) is 34.1 Å². The Hall–Kier alpha value is -3.68. The van der Waals surface area contributed by atoms with Crippen LogP contribution in [0.25, 0.3) is 11.1 Å². The highest BCUT2D eigenvalue weighted by molar-refractivity contribution is 5.95. The molecular formula is C23H27N3O5. The lowest BCUT2D eigenvalue weighted by atomic mass is 10.0. The summed E-state index contributed by atoms with van der Waals surface area (Å²) in [4.78, 5) is 12.6. The molecule has 1 heterocycles. The van der Waals surface area contributed by atoms with Crippen LogP contribution in [0.2, 0.25) is 0 Å². The summed E-state index contributed by atoms with van der Waals surface area (Å²) in [5, 5.41) is 10.1. The average molecular weight is 425 g/mol. The fourth-order valence-electron chi connectivity index (χ4n) is 3.45. The van der Waals surface area contributed by atoms with E-state index >= 15 is 0 Å². The maximum Gasteiger partial charge on any atom is 0.225 e. The van der Waals surface area contributed by atoms with Crippen LogP contribution in [0.15, 0.2) is 36.4 Å². The van der Waals surface area contributed by atoms with E-state index in [0.29, 0.717) is 35.9 Å². The first-order valence-corrected chi connectivity index (χ1v) is 9.79.